The molecule has 0 bridgehead atoms. The molecule has 0 unspecified atom stereocenters. The maximum atomic E-state index is 11.3. The second kappa shape index (κ2) is 7.37. The largest absolute Gasteiger partial charge is 0.355 e. The number of nitrogens with one attached hydrogen (secondary N) is 2. The summed E-state index contributed by atoms with van der Waals surface area (Å²) in [5.41, 5.74) is 0. The van der Waals surface area contributed by atoms with Crippen LogP contribution in [0.3, 0.4) is 0 Å². The molecule has 1 aromatic rings. The maximum Gasteiger partial charge on any atom is 0.239 e. The lowest BCUT2D eigenvalue weighted by Gasteiger charge is -2.05. The van der Waals surface area contributed by atoms with Gasteiger partial charge < -0.3 is 10.6 Å². The lowest BCUT2D eigenvalue weighted by atomic mass is 10.3. The second-order valence-electron chi connectivity index (χ2n) is 3.49. The molecule has 0 saturated heterocycles. The number of rotatable bonds is 7. The van der Waals surface area contributed by atoms with Crippen LogP contribution in [0.5, 0.6) is 0 Å². The Labute approximate surface area is 99.6 Å². The van der Waals surface area contributed by atoms with Crippen molar-refractivity contribution in [2.45, 2.75) is 26.3 Å². The molecule has 0 aromatic carbocycles. The van der Waals surface area contributed by atoms with Crippen LogP contribution in [-0.4, -0.2) is 39.7 Å². The zero-order valence-electron chi connectivity index (χ0n) is 9.85. The molecule has 0 atom stereocenters. The smallest absolute Gasteiger partial charge is 0.239 e. The van der Waals surface area contributed by atoms with Crippen molar-refractivity contribution in [2.24, 2.45) is 0 Å². The summed E-state index contributed by atoms with van der Waals surface area (Å²) in [6.07, 6.45) is 4.10. The van der Waals surface area contributed by atoms with Gasteiger partial charge in [0.05, 0.1) is 6.54 Å². The minimum Gasteiger partial charge on any atom is -0.355 e. The van der Waals surface area contributed by atoms with Crippen LogP contribution in [0.15, 0.2) is 12.7 Å². The highest BCUT2D eigenvalue weighted by Crippen LogP contribution is 1.92. The van der Waals surface area contributed by atoms with Gasteiger partial charge in [-0.25, -0.2) is 4.98 Å². The number of amides is 2. The number of carbonyl (C=O) groups is 2. The van der Waals surface area contributed by atoms with Crippen LogP contribution in [0.25, 0.3) is 0 Å². The highest BCUT2D eigenvalue weighted by atomic mass is 16.2. The Balaban J connectivity index is 2.07. The molecule has 94 valence electrons. The number of aromatic nitrogens is 3. The van der Waals surface area contributed by atoms with Gasteiger partial charge in [0.1, 0.15) is 12.7 Å². The zero-order chi connectivity index (χ0) is 12.5. The molecule has 7 nitrogen and oxygen atoms in total. The van der Waals surface area contributed by atoms with Crippen molar-refractivity contribution in [2.75, 3.05) is 13.1 Å². The van der Waals surface area contributed by atoms with Crippen LogP contribution in [0, 0.1) is 0 Å². The van der Waals surface area contributed by atoms with Gasteiger partial charge in [-0.2, -0.15) is 5.10 Å². The number of hydrogen-bond donors (Lipinski definition) is 2. The molecule has 7 heteroatoms. The fraction of sp³-hybridized carbons (Fsp3) is 0.600. The third kappa shape index (κ3) is 5.64. The predicted molar refractivity (Wildman–Crippen MR) is 60.9 cm³/mol. The van der Waals surface area contributed by atoms with E-state index in [1.165, 1.54) is 6.33 Å². The van der Waals surface area contributed by atoms with Crippen LogP contribution < -0.4 is 10.6 Å². The van der Waals surface area contributed by atoms with Crippen LogP contribution >= 0.6 is 0 Å². The van der Waals surface area contributed by atoms with Gasteiger partial charge in [-0.3, -0.25) is 14.3 Å². The molecule has 0 saturated carbocycles. The Hall–Kier alpha value is -1.92. The number of hydrogen-bond acceptors (Lipinski definition) is 4. The summed E-state index contributed by atoms with van der Waals surface area (Å²) in [6.45, 7) is 3.09. The normalized spacial score (nSPS) is 9.94. The third-order valence-electron chi connectivity index (χ3n) is 2.08. The van der Waals surface area contributed by atoms with E-state index in [2.05, 4.69) is 20.7 Å². The van der Waals surface area contributed by atoms with Crippen molar-refractivity contribution >= 4 is 11.8 Å². The van der Waals surface area contributed by atoms with Crippen LogP contribution in [-0.2, 0) is 16.1 Å². The lowest BCUT2D eigenvalue weighted by molar-refractivity contribution is -0.126. The first kappa shape index (κ1) is 13.1. The first-order valence-electron chi connectivity index (χ1n) is 5.58. The fourth-order valence-electron chi connectivity index (χ4n) is 1.28. The van der Waals surface area contributed by atoms with Crippen molar-refractivity contribution in [1.82, 2.24) is 25.4 Å². The molecule has 17 heavy (non-hydrogen) atoms. The monoisotopic (exact) mass is 239 g/mol. The van der Waals surface area contributed by atoms with Crippen LogP contribution in [0.4, 0.5) is 0 Å². The van der Waals surface area contributed by atoms with E-state index in [-0.39, 0.29) is 18.4 Å². The van der Waals surface area contributed by atoms with Gasteiger partial charge in [0.15, 0.2) is 0 Å². The van der Waals surface area contributed by atoms with E-state index in [0.29, 0.717) is 25.9 Å². The summed E-state index contributed by atoms with van der Waals surface area (Å²) in [6, 6.07) is 0. The van der Waals surface area contributed by atoms with Crippen LogP contribution in [0.2, 0.25) is 0 Å². The number of aryl methyl sites for hydroxylation is 1. The van der Waals surface area contributed by atoms with E-state index >= 15 is 0 Å². The Kier molecular flexibility index (Phi) is 5.70. The predicted octanol–water partition coefficient (Wildman–Crippen LogP) is -0.689. The van der Waals surface area contributed by atoms with E-state index < -0.39 is 0 Å². The summed E-state index contributed by atoms with van der Waals surface area (Å²) < 4.78 is 1.66. The molecule has 0 fully saturated rings. The molecule has 2 N–H and O–H groups in total. The Morgan fingerprint density at radius 3 is 2.76 bits per heavy atom. The van der Waals surface area contributed by atoms with Gasteiger partial charge in [-0.05, 0) is 13.3 Å². The molecule has 1 aromatic heterocycles. The van der Waals surface area contributed by atoms with E-state index in [9.17, 15) is 9.59 Å². The molecule has 0 radical (unpaired) electrons. The topological polar surface area (TPSA) is 88.9 Å². The molecule has 2 amide bonds. The van der Waals surface area contributed by atoms with E-state index in [0.717, 1.165) is 0 Å². The summed E-state index contributed by atoms with van der Waals surface area (Å²) in [5.74, 6) is -0.298. The molecular formula is C10H17N5O2. The number of nitrogens with zero attached hydrogens (tertiary/aromatic N) is 3. The van der Waals surface area contributed by atoms with Gasteiger partial charge in [-0.15, -0.1) is 0 Å². The Bertz CT molecular complexity index is 350. The minimum absolute atomic E-state index is 0.0377. The fourth-order valence-corrected chi connectivity index (χ4v) is 1.28. The number of carbonyl (C=O) groups excluding carboxylic acids is 2. The third-order valence-corrected chi connectivity index (χ3v) is 2.08. The molecule has 1 rings (SSSR count). The van der Waals surface area contributed by atoms with E-state index in [1.807, 2.05) is 6.92 Å². The van der Waals surface area contributed by atoms with Crippen molar-refractivity contribution in [3.8, 4) is 0 Å². The van der Waals surface area contributed by atoms with Gasteiger partial charge in [-0.1, -0.05) is 0 Å². The summed E-state index contributed by atoms with van der Waals surface area (Å²) in [7, 11) is 0. The van der Waals surface area contributed by atoms with E-state index in [1.54, 1.807) is 11.0 Å². The standard InChI is InChI=1S/C10H17N5O2/c1-2-12-10(17)6-13-9(16)4-3-5-15-8-11-7-14-15/h7-8H,2-6H2,1H3,(H,12,17)(H,13,16). The molecule has 0 aliphatic carbocycles. The van der Waals surface area contributed by atoms with Crippen molar-refractivity contribution in [3.05, 3.63) is 12.7 Å². The van der Waals surface area contributed by atoms with Gasteiger partial charge in [0, 0.05) is 19.5 Å². The quantitative estimate of drug-likeness (QED) is 0.659. The van der Waals surface area contributed by atoms with Gasteiger partial charge in [0.2, 0.25) is 11.8 Å². The molecule has 0 aliphatic rings. The van der Waals surface area contributed by atoms with Gasteiger partial charge >= 0.3 is 0 Å². The summed E-state index contributed by atoms with van der Waals surface area (Å²) in [5, 5.41) is 9.08. The Morgan fingerprint density at radius 2 is 2.12 bits per heavy atom. The minimum atomic E-state index is -0.169. The summed E-state index contributed by atoms with van der Waals surface area (Å²) in [4.78, 5) is 26.2. The average Bonchev–Trinajstić information content (AvgIpc) is 2.80. The number of likely N-dealkylation sites (N-methyl/N-ethyl adjacent to an activating group) is 1. The van der Waals surface area contributed by atoms with Crippen LogP contribution in [0.1, 0.15) is 19.8 Å². The average molecular weight is 239 g/mol. The highest BCUT2D eigenvalue weighted by molar-refractivity contribution is 5.84. The molecule has 0 spiro atoms. The van der Waals surface area contributed by atoms with Crippen molar-refractivity contribution < 1.29 is 9.59 Å². The molecular weight excluding hydrogens is 222 g/mol. The second-order valence-corrected chi connectivity index (χ2v) is 3.49. The Morgan fingerprint density at radius 1 is 1.29 bits per heavy atom. The summed E-state index contributed by atoms with van der Waals surface area (Å²) >= 11 is 0. The highest BCUT2D eigenvalue weighted by Gasteiger charge is 2.04. The van der Waals surface area contributed by atoms with Crippen molar-refractivity contribution in [1.29, 1.82) is 0 Å². The first-order valence-corrected chi connectivity index (χ1v) is 5.58. The lowest BCUT2D eigenvalue weighted by Crippen LogP contribution is -2.36. The zero-order valence-corrected chi connectivity index (χ0v) is 9.85. The molecule has 0 aliphatic heterocycles. The SMILES string of the molecule is CCNC(=O)CNC(=O)CCCn1cncn1. The maximum absolute atomic E-state index is 11.3. The van der Waals surface area contributed by atoms with Gasteiger partial charge in [0.25, 0.3) is 0 Å². The molecule has 1 heterocycles. The van der Waals surface area contributed by atoms with Crippen molar-refractivity contribution in [3.63, 3.8) is 0 Å². The first-order chi connectivity index (χ1) is 8.22. The van der Waals surface area contributed by atoms with E-state index in [4.69, 9.17) is 0 Å².